The first kappa shape index (κ1) is 9.93. The van der Waals surface area contributed by atoms with E-state index in [1.165, 1.54) is 5.56 Å². The van der Waals surface area contributed by atoms with E-state index in [4.69, 9.17) is 4.74 Å². The maximum atomic E-state index is 5.57. The Kier molecular flexibility index (Phi) is 3.15. The predicted molar refractivity (Wildman–Crippen MR) is 56.8 cm³/mol. The van der Waals surface area contributed by atoms with Crippen LogP contribution in [-0.2, 0) is 25.1 Å². The molecule has 3 heteroatoms. The number of aromatic nitrogens is 2. The molecule has 2 rings (SSSR count). The molecular formula is C12H15N2O+. The predicted octanol–water partition coefficient (Wildman–Crippen LogP) is 1.49. The molecule has 0 radical (unpaired) electrons. The Labute approximate surface area is 89.5 Å². The highest BCUT2D eigenvalue weighted by molar-refractivity contribution is 5.13. The first-order chi connectivity index (χ1) is 7.34. The summed E-state index contributed by atoms with van der Waals surface area (Å²) in [6.45, 7) is 1.25. The van der Waals surface area contributed by atoms with E-state index in [0.29, 0.717) is 13.3 Å². The standard InChI is InChI=1S/C12H15N2O/c1-13-7-8-14(10-13)11-15-9-12-5-3-2-4-6-12/h2-8,10H,9,11H2,1H3/q+1. The summed E-state index contributed by atoms with van der Waals surface area (Å²) in [6, 6.07) is 10.2. The second kappa shape index (κ2) is 4.75. The van der Waals surface area contributed by atoms with Crippen molar-refractivity contribution in [2.75, 3.05) is 0 Å². The van der Waals surface area contributed by atoms with Crippen LogP contribution in [0.15, 0.2) is 49.1 Å². The van der Waals surface area contributed by atoms with Gasteiger partial charge in [0.1, 0.15) is 12.4 Å². The van der Waals surface area contributed by atoms with Crippen LogP contribution < -0.4 is 4.57 Å². The number of ether oxygens (including phenoxy) is 1. The topological polar surface area (TPSA) is 18.0 Å². The molecule has 0 fully saturated rings. The first-order valence-electron chi connectivity index (χ1n) is 4.97. The van der Waals surface area contributed by atoms with Gasteiger partial charge in [-0.15, -0.1) is 0 Å². The lowest BCUT2D eigenvalue weighted by Gasteiger charge is -2.00. The molecule has 1 aromatic carbocycles. The molecule has 0 N–H and O–H groups in total. The van der Waals surface area contributed by atoms with Crippen LogP contribution in [0, 0.1) is 0 Å². The first-order valence-corrected chi connectivity index (χ1v) is 4.97. The zero-order chi connectivity index (χ0) is 10.5. The van der Waals surface area contributed by atoms with Crippen molar-refractivity contribution in [3.8, 4) is 0 Å². The largest absolute Gasteiger partial charge is 0.337 e. The van der Waals surface area contributed by atoms with Crippen molar-refractivity contribution in [2.24, 2.45) is 7.05 Å². The van der Waals surface area contributed by atoms with E-state index in [-0.39, 0.29) is 0 Å². The Hall–Kier alpha value is -1.61. The van der Waals surface area contributed by atoms with E-state index in [2.05, 4.69) is 12.1 Å². The number of hydrogen-bond acceptors (Lipinski definition) is 1. The highest BCUT2D eigenvalue weighted by Gasteiger charge is 1.99. The molecule has 15 heavy (non-hydrogen) atoms. The fourth-order valence-electron chi connectivity index (χ4n) is 1.42. The number of imidazole rings is 1. The van der Waals surface area contributed by atoms with Crippen molar-refractivity contribution in [1.29, 1.82) is 0 Å². The molecule has 0 unspecified atom stereocenters. The molecule has 0 spiro atoms. The van der Waals surface area contributed by atoms with Crippen molar-refractivity contribution in [3.05, 3.63) is 54.6 Å². The Morgan fingerprint density at radius 3 is 2.73 bits per heavy atom. The van der Waals surface area contributed by atoms with E-state index in [9.17, 15) is 0 Å². The normalized spacial score (nSPS) is 10.5. The van der Waals surface area contributed by atoms with Crippen LogP contribution >= 0.6 is 0 Å². The lowest BCUT2D eigenvalue weighted by atomic mass is 10.2. The minimum atomic E-state index is 0.593. The molecule has 0 bridgehead atoms. The smallest absolute Gasteiger partial charge is 0.245 e. The summed E-state index contributed by atoms with van der Waals surface area (Å²) in [5, 5.41) is 0. The SMILES string of the molecule is C[n+]1ccn(COCc2ccccc2)c1. The third-order valence-corrected chi connectivity index (χ3v) is 2.18. The van der Waals surface area contributed by atoms with Crippen LogP contribution in [0.25, 0.3) is 0 Å². The number of hydrogen-bond donors (Lipinski definition) is 0. The van der Waals surface area contributed by atoms with E-state index in [1.54, 1.807) is 0 Å². The highest BCUT2D eigenvalue weighted by atomic mass is 16.5. The number of nitrogens with zero attached hydrogens (tertiary/aromatic N) is 2. The van der Waals surface area contributed by atoms with Gasteiger partial charge in [0.15, 0.2) is 6.73 Å². The molecule has 0 saturated carbocycles. The fraction of sp³-hybridized carbons (Fsp3) is 0.250. The molecule has 2 aromatic rings. The van der Waals surface area contributed by atoms with Gasteiger partial charge in [0.25, 0.3) is 0 Å². The molecule has 0 aliphatic heterocycles. The molecule has 78 valence electrons. The van der Waals surface area contributed by atoms with Crippen LogP contribution in [-0.4, -0.2) is 4.57 Å². The Bertz CT molecular complexity index is 409. The second-order valence-electron chi connectivity index (χ2n) is 3.56. The lowest BCUT2D eigenvalue weighted by Crippen LogP contribution is -2.23. The zero-order valence-corrected chi connectivity index (χ0v) is 8.84. The van der Waals surface area contributed by atoms with Crippen molar-refractivity contribution in [3.63, 3.8) is 0 Å². The van der Waals surface area contributed by atoms with Gasteiger partial charge in [0.2, 0.25) is 6.33 Å². The summed E-state index contributed by atoms with van der Waals surface area (Å²) in [7, 11) is 1.99. The average molecular weight is 203 g/mol. The molecular weight excluding hydrogens is 188 g/mol. The second-order valence-corrected chi connectivity index (χ2v) is 3.56. The molecule has 0 saturated heterocycles. The molecule has 0 aliphatic carbocycles. The number of benzene rings is 1. The van der Waals surface area contributed by atoms with Crippen LogP contribution in [0.3, 0.4) is 0 Å². The van der Waals surface area contributed by atoms with Crippen molar-refractivity contribution >= 4 is 0 Å². The molecule has 1 aromatic heterocycles. The van der Waals surface area contributed by atoms with E-state index in [0.717, 1.165) is 0 Å². The van der Waals surface area contributed by atoms with E-state index in [1.807, 2.05) is 53.1 Å². The van der Waals surface area contributed by atoms with Crippen LogP contribution in [0.4, 0.5) is 0 Å². The summed E-state index contributed by atoms with van der Waals surface area (Å²) >= 11 is 0. The summed E-state index contributed by atoms with van der Waals surface area (Å²) < 4.78 is 9.56. The Morgan fingerprint density at radius 1 is 1.27 bits per heavy atom. The Morgan fingerprint density at radius 2 is 2.07 bits per heavy atom. The van der Waals surface area contributed by atoms with E-state index >= 15 is 0 Å². The summed E-state index contributed by atoms with van der Waals surface area (Å²) in [5.74, 6) is 0. The molecule has 0 amide bonds. The molecule has 3 nitrogen and oxygen atoms in total. The Balaban J connectivity index is 1.80. The average Bonchev–Trinajstić information content (AvgIpc) is 2.66. The number of aryl methyl sites for hydroxylation is 1. The zero-order valence-electron chi connectivity index (χ0n) is 8.84. The summed E-state index contributed by atoms with van der Waals surface area (Å²) in [6.07, 6.45) is 5.97. The van der Waals surface area contributed by atoms with Gasteiger partial charge in [0.05, 0.1) is 13.7 Å². The maximum Gasteiger partial charge on any atom is 0.245 e. The van der Waals surface area contributed by atoms with Gasteiger partial charge in [-0.3, -0.25) is 0 Å². The van der Waals surface area contributed by atoms with Gasteiger partial charge < -0.3 is 4.74 Å². The minimum absolute atomic E-state index is 0.593. The van der Waals surface area contributed by atoms with Crippen molar-refractivity contribution < 1.29 is 9.30 Å². The third kappa shape index (κ3) is 2.92. The van der Waals surface area contributed by atoms with Gasteiger partial charge in [-0.1, -0.05) is 30.3 Å². The molecule has 0 aliphatic rings. The number of rotatable bonds is 4. The minimum Gasteiger partial charge on any atom is -0.337 e. The van der Waals surface area contributed by atoms with Crippen LogP contribution in [0.5, 0.6) is 0 Å². The van der Waals surface area contributed by atoms with Gasteiger partial charge in [-0.25, -0.2) is 9.13 Å². The van der Waals surface area contributed by atoms with Crippen molar-refractivity contribution in [2.45, 2.75) is 13.3 Å². The monoisotopic (exact) mass is 203 g/mol. The lowest BCUT2D eigenvalue weighted by molar-refractivity contribution is -0.671. The third-order valence-electron chi connectivity index (χ3n) is 2.18. The van der Waals surface area contributed by atoms with Gasteiger partial charge >= 0.3 is 0 Å². The summed E-state index contributed by atoms with van der Waals surface area (Å²) in [5.41, 5.74) is 1.20. The van der Waals surface area contributed by atoms with E-state index < -0.39 is 0 Å². The van der Waals surface area contributed by atoms with Gasteiger partial charge in [0, 0.05) is 0 Å². The quantitative estimate of drug-likeness (QED) is 0.688. The molecule has 0 atom stereocenters. The molecule has 1 heterocycles. The fourth-order valence-corrected chi connectivity index (χ4v) is 1.42. The van der Waals surface area contributed by atoms with Crippen molar-refractivity contribution in [1.82, 2.24) is 4.57 Å². The van der Waals surface area contributed by atoms with Gasteiger partial charge in [-0.05, 0) is 5.56 Å². The van der Waals surface area contributed by atoms with Crippen LogP contribution in [0.2, 0.25) is 0 Å². The van der Waals surface area contributed by atoms with Crippen LogP contribution in [0.1, 0.15) is 5.56 Å². The van der Waals surface area contributed by atoms with Gasteiger partial charge in [-0.2, -0.15) is 0 Å². The highest BCUT2D eigenvalue weighted by Crippen LogP contribution is 2.00. The maximum absolute atomic E-state index is 5.57. The summed E-state index contributed by atoms with van der Waals surface area (Å²) in [4.78, 5) is 0.